The molecule has 18 unspecified atom stereocenters. The maximum absolute atomic E-state index is 13.7. The molecule has 0 aliphatic carbocycles. The van der Waals surface area contributed by atoms with Crippen LogP contribution < -0.4 is 42.5 Å². The number of thiol groups is 1. The van der Waals surface area contributed by atoms with E-state index in [0.29, 0.717) is 0 Å². The number of carbonyl (C=O) groups is 8. The first kappa shape index (κ1) is 83.8. The minimum atomic E-state index is -3.30. The summed E-state index contributed by atoms with van der Waals surface area (Å²) in [6.45, 7) is 1.69. The number of ether oxygens (including phenoxy) is 10. The second kappa shape index (κ2) is 43.7. The van der Waals surface area contributed by atoms with Crippen molar-refractivity contribution in [3.8, 4) is 0 Å². The van der Waals surface area contributed by atoms with Crippen molar-refractivity contribution in [3.63, 3.8) is 0 Å². The number of amides is 8. The van der Waals surface area contributed by atoms with Crippen LogP contribution in [0.4, 0.5) is 0 Å². The first-order valence-corrected chi connectivity index (χ1v) is 33.5. The van der Waals surface area contributed by atoms with Crippen molar-refractivity contribution in [3.05, 3.63) is 0 Å². The maximum Gasteiger partial charge on any atom is 0.259 e. The summed E-state index contributed by atoms with van der Waals surface area (Å²) in [5.74, 6) is -5.17. The van der Waals surface area contributed by atoms with Gasteiger partial charge < -0.3 is 140 Å². The highest BCUT2D eigenvalue weighted by Gasteiger charge is 2.48. The van der Waals surface area contributed by atoms with E-state index in [1.54, 1.807) is 20.8 Å². The average molecular weight is 1400 g/mol. The van der Waals surface area contributed by atoms with Crippen LogP contribution in [0.2, 0.25) is 0 Å². The van der Waals surface area contributed by atoms with Gasteiger partial charge in [0.2, 0.25) is 47.3 Å². The minimum absolute atomic E-state index is 0.0324. The zero-order chi connectivity index (χ0) is 70.1. The quantitative estimate of drug-likeness (QED) is 0.0153. The highest BCUT2D eigenvalue weighted by atomic mass is 32.7. The maximum atomic E-state index is 13.7. The summed E-state index contributed by atoms with van der Waals surface area (Å²) in [7, 11) is 0. The lowest BCUT2D eigenvalue weighted by molar-refractivity contribution is -0.272. The van der Waals surface area contributed by atoms with Crippen molar-refractivity contribution >= 4 is 66.1 Å². The molecular formula is C55H99N8O29PS. The van der Waals surface area contributed by atoms with Crippen LogP contribution >= 0.6 is 18.8 Å². The standard InChI is InChI=1S/C55H99N8O29PS/c1-30(67)59-41-47(76)44(73)35(27-64)90-52(41)86-23-19-83-16-12-56-38(70)9-7-33(50(79)57-13-17-84-20-24-87-53-42(60-31(2)68)48(77)45(74)36(28-65)91-53)62-39(71)10-8-34(63-40(72)11-15-82-22-26-89-93(81,94)55(4,5)6)51(80)58-14-18-85-21-25-88-54-43(61-32(3)69)49(78)46(75)37(29-66)92-54/h33-37,41-49,52-54,64-66,73-78H,7-29H2,1-6H3,(H,56,70)(H,57,79)(H,58,80)(H,59,67)(H,60,68)(H,61,69)(H,62,71)(H,63,72)(H,81,94). The van der Waals surface area contributed by atoms with Gasteiger partial charge in [-0.1, -0.05) is 33.0 Å². The SMILES string of the molecule is CC(=O)NC1C(OCCOCCNC(=O)CCC(NC(=O)CCC(NC(=O)CCOCCOP(=O)(S)C(C)(C)C)C(=O)NCCOCCOC2OC(CO)C(O)C(O)C2NC(C)=O)C(=O)NCCOCCOC2OC(CO)C(O)C(O)C2NC(C)=O)OC(CO)C(O)C1O. The number of nitrogens with one attached hydrogen (secondary N) is 8. The molecule has 39 heteroatoms. The molecule has 18 atom stereocenters. The Morgan fingerprint density at radius 2 is 0.766 bits per heavy atom. The number of aliphatic hydroxyl groups excluding tert-OH is 9. The third kappa shape index (κ3) is 29.7. The topological polar surface area (TPSA) is 533 Å². The number of hydrogen-bond donors (Lipinski definition) is 18. The number of hydrogen-bond acceptors (Lipinski definition) is 29. The summed E-state index contributed by atoms with van der Waals surface area (Å²) in [6.07, 6.45) is -18.3. The molecule has 17 N–H and O–H groups in total. The number of carbonyl (C=O) groups excluding carboxylic acids is 8. The Morgan fingerprint density at radius 3 is 1.11 bits per heavy atom. The van der Waals surface area contributed by atoms with Gasteiger partial charge in [0.15, 0.2) is 18.9 Å². The van der Waals surface area contributed by atoms with Crippen molar-refractivity contribution in [1.82, 2.24) is 42.5 Å². The molecule has 3 aliphatic heterocycles. The average Bonchev–Trinajstić information content (AvgIpc) is 0.838. The Labute approximate surface area is 549 Å². The molecule has 8 amide bonds. The van der Waals surface area contributed by atoms with E-state index in [2.05, 4.69) is 54.8 Å². The van der Waals surface area contributed by atoms with Gasteiger partial charge in [-0.3, -0.25) is 42.9 Å². The third-order valence-corrected chi connectivity index (χ3v) is 18.8. The van der Waals surface area contributed by atoms with Gasteiger partial charge in [-0.2, -0.15) is 0 Å². The summed E-state index contributed by atoms with van der Waals surface area (Å²) >= 11 is 4.15. The lowest BCUT2D eigenvalue weighted by atomic mass is 9.97. The van der Waals surface area contributed by atoms with Gasteiger partial charge in [-0.05, 0) is 12.8 Å². The van der Waals surface area contributed by atoms with Crippen LogP contribution in [0.3, 0.4) is 0 Å². The summed E-state index contributed by atoms with van der Waals surface area (Å²) in [5, 5.41) is 111. The highest BCUT2D eigenvalue weighted by molar-refractivity contribution is 8.46. The van der Waals surface area contributed by atoms with E-state index in [9.17, 15) is 88.9 Å². The van der Waals surface area contributed by atoms with Crippen molar-refractivity contribution < 1.29 is 141 Å². The summed E-state index contributed by atoms with van der Waals surface area (Å²) in [4.78, 5) is 103. The van der Waals surface area contributed by atoms with Gasteiger partial charge in [-0.15, -0.1) is 0 Å². The fraction of sp³-hybridized carbons (Fsp3) is 0.855. The lowest BCUT2D eigenvalue weighted by Gasteiger charge is -2.42. The minimum Gasteiger partial charge on any atom is -0.394 e. The first-order valence-electron chi connectivity index (χ1n) is 30.7. The van der Waals surface area contributed by atoms with Gasteiger partial charge in [-0.25, -0.2) is 0 Å². The van der Waals surface area contributed by atoms with Gasteiger partial charge >= 0.3 is 0 Å². The summed E-state index contributed by atoms with van der Waals surface area (Å²) in [6, 6.07) is -6.29. The first-order chi connectivity index (χ1) is 44.5. The second-order valence-electron chi connectivity index (χ2n) is 22.9. The van der Waals surface area contributed by atoms with Crippen LogP contribution in [-0.4, -0.2) is 321 Å². The molecule has 3 fully saturated rings. The highest BCUT2D eigenvalue weighted by Crippen LogP contribution is 2.62. The molecule has 0 saturated carbocycles. The normalized spacial score (nSPS) is 27.6. The molecule has 0 radical (unpaired) electrons. The molecule has 544 valence electrons. The molecule has 3 saturated heterocycles. The molecule has 0 aromatic heterocycles. The van der Waals surface area contributed by atoms with Crippen molar-refractivity contribution in [1.29, 1.82) is 0 Å². The summed E-state index contributed by atoms with van der Waals surface area (Å²) in [5.41, 5.74) is 0. The lowest BCUT2D eigenvalue weighted by Crippen LogP contribution is -2.64. The smallest absolute Gasteiger partial charge is 0.259 e. The van der Waals surface area contributed by atoms with Crippen LogP contribution in [0, 0.1) is 0 Å². The fourth-order valence-corrected chi connectivity index (χ4v) is 10.2. The van der Waals surface area contributed by atoms with Crippen molar-refractivity contribution in [2.45, 2.75) is 183 Å². The van der Waals surface area contributed by atoms with Crippen molar-refractivity contribution in [2.24, 2.45) is 0 Å². The summed E-state index contributed by atoms with van der Waals surface area (Å²) < 4.78 is 73.7. The number of rotatable bonds is 44. The number of aliphatic hydroxyl groups is 9. The molecule has 94 heavy (non-hydrogen) atoms. The van der Waals surface area contributed by atoms with E-state index in [1.807, 2.05) is 0 Å². The monoisotopic (exact) mass is 1400 g/mol. The van der Waals surface area contributed by atoms with Crippen LogP contribution in [0.5, 0.6) is 0 Å². The van der Waals surface area contributed by atoms with Crippen molar-refractivity contribution in [2.75, 3.05) is 119 Å². The predicted molar refractivity (Wildman–Crippen MR) is 326 cm³/mol. The zero-order valence-corrected chi connectivity index (χ0v) is 55.5. The third-order valence-electron chi connectivity index (χ3n) is 14.4. The molecule has 3 aliphatic rings. The molecule has 3 heterocycles. The van der Waals surface area contributed by atoms with Crippen LogP contribution in [0.15, 0.2) is 0 Å². The zero-order valence-electron chi connectivity index (χ0n) is 53.7. The largest absolute Gasteiger partial charge is 0.394 e. The van der Waals surface area contributed by atoms with E-state index in [1.165, 1.54) is 20.8 Å². The van der Waals surface area contributed by atoms with E-state index in [0.717, 1.165) is 0 Å². The Balaban J connectivity index is 1.64. The van der Waals surface area contributed by atoms with Crippen LogP contribution in [0.1, 0.15) is 73.6 Å². The molecule has 0 bridgehead atoms. The Morgan fingerprint density at radius 1 is 0.447 bits per heavy atom. The van der Waals surface area contributed by atoms with Gasteiger partial charge in [0.1, 0.15) is 85.1 Å². The van der Waals surface area contributed by atoms with Crippen LogP contribution in [0.25, 0.3) is 0 Å². The molecule has 37 nitrogen and oxygen atoms in total. The van der Waals surface area contributed by atoms with Crippen LogP contribution in [-0.2, 0) is 94.8 Å². The Kier molecular flexibility index (Phi) is 39.0. The Bertz CT molecular complexity index is 2380. The van der Waals surface area contributed by atoms with Gasteiger partial charge in [0.25, 0.3) is 6.57 Å². The predicted octanol–water partition coefficient (Wildman–Crippen LogP) is -7.86. The molecule has 0 aromatic carbocycles. The van der Waals surface area contributed by atoms with Gasteiger partial charge in [0.05, 0.1) is 99.1 Å². The molecule has 0 spiro atoms. The molecular weight excluding hydrogens is 1300 g/mol. The van der Waals surface area contributed by atoms with E-state index in [-0.39, 0.29) is 125 Å². The molecule has 0 aromatic rings. The van der Waals surface area contributed by atoms with E-state index >= 15 is 0 Å². The second-order valence-corrected chi connectivity index (χ2v) is 27.1. The molecule has 3 rings (SSSR count). The Hall–Kier alpha value is -4.46. The van der Waals surface area contributed by atoms with E-state index < -0.39 is 189 Å². The van der Waals surface area contributed by atoms with Gasteiger partial charge in [0, 0.05) is 64.8 Å². The fourth-order valence-electron chi connectivity index (χ4n) is 9.21. The van der Waals surface area contributed by atoms with E-state index in [4.69, 9.17) is 51.9 Å².